The highest BCUT2D eigenvalue weighted by molar-refractivity contribution is 6.39. The largest absolute Gasteiger partial charge is 0.494 e. The van der Waals surface area contributed by atoms with E-state index in [0.717, 1.165) is 16.3 Å². The number of carbonyl (C=O) groups is 2. The van der Waals surface area contributed by atoms with Crippen molar-refractivity contribution in [2.45, 2.75) is 13.5 Å². The molecule has 0 aliphatic rings. The predicted octanol–water partition coefficient (Wildman–Crippen LogP) is 5.05. The number of hydrogen-bond donors (Lipinski definition) is 2. The van der Waals surface area contributed by atoms with Crippen LogP contribution in [0.4, 0.5) is 10.1 Å². The summed E-state index contributed by atoms with van der Waals surface area (Å²) in [4.78, 5) is 24.5. The van der Waals surface area contributed by atoms with E-state index in [1.807, 2.05) is 37.3 Å². The molecule has 0 spiro atoms. The van der Waals surface area contributed by atoms with Crippen LogP contribution in [-0.2, 0) is 16.2 Å². The molecule has 0 bridgehead atoms. The number of nitrogens with one attached hydrogen (secondary N) is 2. The Bertz CT molecular complexity index is 1390. The van der Waals surface area contributed by atoms with Crippen LogP contribution >= 0.6 is 0 Å². The number of benzene rings is 4. The Morgan fingerprint density at radius 2 is 1.64 bits per heavy atom. The number of carbonyl (C=O) groups excluding carboxylic acids is 2. The molecule has 0 saturated carbocycles. The summed E-state index contributed by atoms with van der Waals surface area (Å²) < 4.78 is 24.5. The first-order valence-electron chi connectivity index (χ1n) is 11.3. The molecule has 0 atom stereocenters. The molecular weight excluding hydrogens is 461 g/mol. The Morgan fingerprint density at radius 3 is 2.39 bits per heavy atom. The summed E-state index contributed by atoms with van der Waals surface area (Å²) in [6.45, 7) is 2.62. The number of ether oxygens (including phenoxy) is 2. The average molecular weight is 486 g/mol. The van der Waals surface area contributed by atoms with Crippen LogP contribution < -0.4 is 20.2 Å². The maximum absolute atomic E-state index is 13.2. The third-order valence-corrected chi connectivity index (χ3v) is 5.23. The Morgan fingerprint density at radius 1 is 0.889 bits per heavy atom. The van der Waals surface area contributed by atoms with Crippen LogP contribution in [-0.4, -0.2) is 24.6 Å². The normalized spacial score (nSPS) is 10.8. The van der Waals surface area contributed by atoms with Gasteiger partial charge in [0.15, 0.2) is 0 Å². The minimum atomic E-state index is -0.922. The van der Waals surface area contributed by atoms with Gasteiger partial charge in [-0.3, -0.25) is 9.59 Å². The van der Waals surface area contributed by atoms with E-state index in [2.05, 4.69) is 15.8 Å². The molecule has 8 heteroatoms. The molecule has 0 aromatic heterocycles. The van der Waals surface area contributed by atoms with Crippen LogP contribution in [0.1, 0.15) is 18.1 Å². The number of fused-ring (bicyclic) bond motifs is 1. The second kappa shape index (κ2) is 11.6. The SMILES string of the molecule is CCOc1ccc(NC(=O)C(=O)N/N=C/c2c(OCc3ccc(F)cc3)ccc3ccccc23)cc1. The minimum Gasteiger partial charge on any atom is -0.494 e. The first-order valence-corrected chi connectivity index (χ1v) is 11.3. The van der Waals surface area contributed by atoms with E-state index in [9.17, 15) is 14.0 Å². The lowest BCUT2D eigenvalue weighted by Gasteiger charge is -2.12. The zero-order valence-corrected chi connectivity index (χ0v) is 19.5. The molecule has 4 aromatic rings. The maximum Gasteiger partial charge on any atom is 0.329 e. The van der Waals surface area contributed by atoms with Gasteiger partial charge in [0.2, 0.25) is 0 Å². The molecular formula is C28H24FN3O4. The van der Waals surface area contributed by atoms with Crippen molar-refractivity contribution >= 4 is 34.5 Å². The van der Waals surface area contributed by atoms with Gasteiger partial charge in [-0.15, -0.1) is 0 Å². The molecule has 7 nitrogen and oxygen atoms in total. The number of rotatable bonds is 8. The van der Waals surface area contributed by atoms with E-state index in [-0.39, 0.29) is 12.4 Å². The van der Waals surface area contributed by atoms with Gasteiger partial charge in [-0.2, -0.15) is 5.10 Å². The van der Waals surface area contributed by atoms with Gasteiger partial charge in [0.25, 0.3) is 0 Å². The summed E-state index contributed by atoms with van der Waals surface area (Å²) in [5, 5.41) is 8.30. The number of nitrogens with zero attached hydrogens (tertiary/aromatic N) is 1. The summed E-state index contributed by atoms with van der Waals surface area (Å²) in [7, 11) is 0. The van der Waals surface area contributed by atoms with Crippen LogP contribution in [0.15, 0.2) is 90.0 Å². The van der Waals surface area contributed by atoms with Crippen LogP contribution in [0, 0.1) is 5.82 Å². The topological polar surface area (TPSA) is 89.0 Å². The first kappa shape index (κ1) is 24.4. The molecule has 2 amide bonds. The van der Waals surface area contributed by atoms with Gasteiger partial charge in [-0.05, 0) is 65.7 Å². The van der Waals surface area contributed by atoms with Crippen LogP contribution in [0.3, 0.4) is 0 Å². The molecule has 0 heterocycles. The van der Waals surface area contributed by atoms with Crippen molar-refractivity contribution in [3.8, 4) is 11.5 Å². The van der Waals surface area contributed by atoms with Gasteiger partial charge in [0, 0.05) is 11.3 Å². The number of hydrazone groups is 1. The third kappa shape index (κ3) is 6.24. The second-order valence-corrected chi connectivity index (χ2v) is 7.72. The minimum absolute atomic E-state index is 0.219. The number of amides is 2. The van der Waals surface area contributed by atoms with Gasteiger partial charge < -0.3 is 14.8 Å². The molecule has 4 rings (SSSR count). The number of halogens is 1. The van der Waals surface area contributed by atoms with Crippen molar-refractivity contribution < 1.29 is 23.5 Å². The number of hydrogen-bond acceptors (Lipinski definition) is 5. The molecule has 0 radical (unpaired) electrons. The quantitative estimate of drug-likeness (QED) is 0.208. The molecule has 2 N–H and O–H groups in total. The van der Waals surface area contributed by atoms with Crippen LogP contribution in [0.2, 0.25) is 0 Å². The molecule has 0 aliphatic carbocycles. The Labute approximate surface area is 207 Å². The molecule has 0 saturated heterocycles. The van der Waals surface area contributed by atoms with Crippen molar-refractivity contribution in [3.05, 3.63) is 102 Å². The fourth-order valence-corrected chi connectivity index (χ4v) is 3.47. The zero-order valence-electron chi connectivity index (χ0n) is 19.5. The van der Waals surface area contributed by atoms with Gasteiger partial charge in [-0.25, -0.2) is 9.82 Å². The molecule has 0 fully saturated rings. The van der Waals surface area contributed by atoms with E-state index in [0.29, 0.717) is 29.4 Å². The molecule has 0 unspecified atom stereocenters. The van der Waals surface area contributed by atoms with Crippen molar-refractivity contribution in [2.24, 2.45) is 5.10 Å². The summed E-state index contributed by atoms with van der Waals surface area (Å²) in [5.41, 5.74) is 4.13. The summed E-state index contributed by atoms with van der Waals surface area (Å²) in [5.74, 6) is -0.914. The standard InChI is InChI=1S/C28H24FN3O4/c1-2-35-23-14-12-22(13-15-23)31-27(33)28(34)32-30-17-25-24-6-4-3-5-20(24)9-16-26(25)36-18-19-7-10-21(29)11-8-19/h3-17H,2,18H2,1H3,(H,31,33)(H,32,34)/b30-17+. The van der Waals surface area contributed by atoms with Crippen molar-refractivity contribution in [2.75, 3.05) is 11.9 Å². The fraction of sp³-hybridized carbons (Fsp3) is 0.107. The lowest BCUT2D eigenvalue weighted by Crippen LogP contribution is -2.32. The second-order valence-electron chi connectivity index (χ2n) is 7.72. The average Bonchev–Trinajstić information content (AvgIpc) is 2.90. The lowest BCUT2D eigenvalue weighted by atomic mass is 10.0. The van der Waals surface area contributed by atoms with Gasteiger partial charge in [-0.1, -0.05) is 42.5 Å². The van der Waals surface area contributed by atoms with E-state index in [1.165, 1.54) is 18.3 Å². The first-order chi connectivity index (χ1) is 17.5. The maximum atomic E-state index is 13.2. The van der Waals surface area contributed by atoms with Crippen molar-refractivity contribution in [1.82, 2.24) is 5.43 Å². The van der Waals surface area contributed by atoms with Gasteiger partial charge in [0.05, 0.1) is 12.8 Å². The molecule has 182 valence electrons. The summed E-state index contributed by atoms with van der Waals surface area (Å²) in [6.07, 6.45) is 1.43. The lowest BCUT2D eigenvalue weighted by molar-refractivity contribution is -0.136. The van der Waals surface area contributed by atoms with E-state index < -0.39 is 11.8 Å². The van der Waals surface area contributed by atoms with Crippen LogP contribution in [0.5, 0.6) is 11.5 Å². The monoisotopic (exact) mass is 485 g/mol. The smallest absolute Gasteiger partial charge is 0.329 e. The van der Waals surface area contributed by atoms with Gasteiger partial charge >= 0.3 is 11.8 Å². The van der Waals surface area contributed by atoms with Crippen molar-refractivity contribution in [3.63, 3.8) is 0 Å². The Hall–Kier alpha value is -4.72. The predicted molar refractivity (Wildman–Crippen MR) is 137 cm³/mol. The fourth-order valence-electron chi connectivity index (χ4n) is 3.47. The zero-order chi connectivity index (χ0) is 25.3. The molecule has 0 aliphatic heterocycles. The Balaban J connectivity index is 1.45. The van der Waals surface area contributed by atoms with E-state index in [1.54, 1.807) is 42.5 Å². The number of anilines is 1. The van der Waals surface area contributed by atoms with Crippen LogP contribution in [0.25, 0.3) is 10.8 Å². The molecule has 4 aromatic carbocycles. The van der Waals surface area contributed by atoms with E-state index in [4.69, 9.17) is 9.47 Å². The van der Waals surface area contributed by atoms with Crippen molar-refractivity contribution in [1.29, 1.82) is 0 Å². The third-order valence-electron chi connectivity index (χ3n) is 5.23. The van der Waals surface area contributed by atoms with Gasteiger partial charge in [0.1, 0.15) is 23.9 Å². The highest BCUT2D eigenvalue weighted by Crippen LogP contribution is 2.27. The van der Waals surface area contributed by atoms with E-state index >= 15 is 0 Å². The summed E-state index contributed by atoms with van der Waals surface area (Å²) in [6, 6.07) is 24.1. The highest BCUT2D eigenvalue weighted by Gasteiger charge is 2.14. The Kier molecular flexibility index (Phi) is 7.87. The summed E-state index contributed by atoms with van der Waals surface area (Å²) >= 11 is 0. The highest BCUT2D eigenvalue weighted by atomic mass is 19.1. The molecule has 36 heavy (non-hydrogen) atoms.